The van der Waals surface area contributed by atoms with Crippen LogP contribution in [0.15, 0.2) is 82.5 Å². The normalized spacial score (nSPS) is 16.8. The van der Waals surface area contributed by atoms with Crippen molar-refractivity contribution in [3.8, 4) is 5.75 Å². The van der Waals surface area contributed by atoms with Crippen molar-refractivity contribution in [3.05, 3.63) is 89.9 Å². The van der Waals surface area contributed by atoms with Gasteiger partial charge in [0.05, 0.1) is 25.6 Å². The summed E-state index contributed by atoms with van der Waals surface area (Å²) < 4.78 is 10.9. The van der Waals surface area contributed by atoms with E-state index in [0.717, 1.165) is 35.9 Å². The molecule has 0 spiro atoms. The van der Waals surface area contributed by atoms with Crippen molar-refractivity contribution >= 4 is 11.6 Å². The summed E-state index contributed by atoms with van der Waals surface area (Å²) in [5, 5.41) is 6.34. The van der Waals surface area contributed by atoms with Gasteiger partial charge in [0.25, 0.3) is 5.91 Å². The molecule has 2 aromatic carbocycles. The molecule has 6 nitrogen and oxygen atoms in total. The Bertz CT molecular complexity index is 1010. The van der Waals surface area contributed by atoms with Crippen LogP contribution < -0.4 is 9.64 Å². The van der Waals surface area contributed by atoms with E-state index in [1.165, 1.54) is 10.5 Å². The van der Waals surface area contributed by atoms with E-state index in [9.17, 15) is 4.79 Å². The zero-order valence-electron chi connectivity index (χ0n) is 18.0. The molecule has 2 atom stereocenters. The van der Waals surface area contributed by atoms with Crippen LogP contribution in [-0.2, 0) is 11.3 Å². The highest BCUT2D eigenvalue weighted by molar-refractivity contribution is 6.03. The summed E-state index contributed by atoms with van der Waals surface area (Å²) in [4.78, 5) is 14.5. The number of carbonyl (C=O) groups excluding carboxylic acids is 1. The highest BCUT2D eigenvalue weighted by atomic mass is 16.5. The van der Waals surface area contributed by atoms with E-state index in [2.05, 4.69) is 19.1 Å². The Hall–Kier alpha value is -3.38. The predicted octanol–water partition coefficient (Wildman–Crippen LogP) is 3.07. The first-order valence-corrected chi connectivity index (χ1v) is 10.6. The molecule has 1 amide bonds. The molecule has 0 bridgehead atoms. The van der Waals surface area contributed by atoms with Crippen LogP contribution in [0.4, 0.5) is 0 Å². The number of rotatable bonds is 8. The number of carbonyl (C=O) groups is 1. The first-order valence-electron chi connectivity index (χ1n) is 10.6. The Balaban J connectivity index is 1.54. The van der Waals surface area contributed by atoms with Gasteiger partial charge in [-0.1, -0.05) is 30.3 Å². The van der Waals surface area contributed by atoms with Crippen LogP contribution in [-0.4, -0.2) is 36.8 Å². The number of furan rings is 1. The summed E-state index contributed by atoms with van der Waals surface area (Å²) in [6.07, 6.45) is 2.26. The minimum atomic E-state index is -0.227. The van der Waals surface area contributed by atoms with Gasteiger partial charge in [0.15, 0.2) is 6.54 Å². The second-order valence-electron chi connectivity index (χ2n) is 7.69. The standard InChI is InChI=1S/C25H27N3O3/c1-3-27(17-19-8-5-4-6-9-19)18-25(29)28-23(24-10-7-15-31-24)16-22(26-28)20-11-13-21(30-2)14-12-20/h4-15,23H,3,16-18H2,1-2H3/p+1/t23-/m0/s1. The van der Waals surface area contributed by atoms with Crippen molar-refractivity contribution in [2.24, 2.45) is 5.10 Å². The third kappa shape index (κ3) is 4.86. The molecule has 1 unspecified atom stereocenters. The highest BCUT2D eigenvalue weighted by Crippen LogP contribution is 2.33. The molecule has 0 radical (unpaired) electrons. The van der Waals surface area contributed by atoms with Gasteiger partial charge < -0.3 is 14.1 Å². The molecule has 0 saturated heterocycles. The minimum absolute atomic E-state index is 0.00214. The third-order valence-corrected chi connectivity index (χ3v) is 5.66. The summed E-state index contributed by atoms with van der Waals surface area (Å²) in [6.45, 7) is 4.14. The highest BCUT2D eigenvalue weighted by Gasteiger charge is 2.36. The fourth-order valence-corrected chi connectivity index (χ4v) is 3.89. The average Bonchev–Trinajstić information content (AvgIpc) is 3.49. The molecule has 4 rings (SSSR count). The Labute approximate surface area is 182 Å². The van der Waals surface area contributed by atoms with Gasteiger partial charge in [0.2, 0.25) is 0 Å². The van der Waals surface area contributed by atoms with Crippen LogP contribution in [0.3, 0.4) is 0 Å². The first kappa shape index (κ1) is 20.9. The fraction of sp³-hybridized carbons (Fsp3) is 0.280. The van der Waals surface area contributed by atoms with Crippen molar-refractivity contribution in [2.45, 2.75) is 25.9 Å². The van der Waals surface area contributed by atoms with Crippen molar-refractivity contribution in [1.82, 2.24) is 5.01 Å². The smallest absolute Gasteiger partial charge is 0.298 e. The number of likely N-dealkylation sites (N-methyl/N-ethyl adjacent to an activating group) is 1. The van der Waals surface area contributed by atoms with Gasteiger partial charge in [0.1, 0.15) is 24.1 Å². The predicted molar refractivity (Wildman–Crippen MR) is 119 cm³/mol. The minimum Gasteiger partial charge on any atom is -0.497 e. The lowest BCUT2D eigenvalue weighted by Crippen LogP contribution is -3.11. The molecular formula is C25H28N3O3+. The van der Waals surface area contributed by atoms with Crippen LogP contribution in [0.25, 0.3) is 0 Å². The summed E-state index contributed by atoms with van der Waals surface area (Å²) in [7, 11) is 1.65. The van der Waals surface area contributed by atoms with Crippen molar-refractivity contribution in [3.63, 3.8) is 0 Å². The molecule has 3 aromatic rings. The number of quaternary nitrogens is 1. The number of hydrogen-bond acceptors (Lipinski definition) is 4. The largest absolute Gasteiger partial charge is 0.497 e. The Kier molecular flexibility index (Phi) is 6.48. The molecule has 0 saturated carbocycles. The number of nitrogens with zero attached hydrogens (tertiary/aromatic N) is 2. The monoisotopic (exact) mass is 418 g/mol. The number of hydrazone groups is 1. The molecule has 1 aromatic heterocycles. The summed E-state index contributed by atoms with van der Waals surface area (Å²) in [5.41, 5.74) is 3.08. The van der Waals surface area contributed by atoms with Gasteiger partial charge in [-0.2, -0.15) is 5.10 Å². The van der Waals surface area contributed by atoms with E-state index in [4.69, 9.17) is 14.3 Å². The maximum atomic E-state index is 13.3. The quantitative estimate of drug-likeness (QED) is 0.612. The van der Waals surface area contributed by atoms with Gasteiger partial charge in [0, 0.05) is 12.0 Å². The van der Waals surface area contributed by atoms with E-state index >= 15 is 0 Å². The third-order valence-electron chi connectivity index (χ3n) is 5.66. The Morgan fingerprint density at radius 2 is 1.90 bits per heavy atom. The lowest BCUT2D eigenvalue weighted by molar-refractivity contribution is -0.904. The first-order chi connectivity index (χ1) is 15.2. The Morgan fingerprint density at radius 1 is 1.13 bits per heavy atom. The number of methoxy groups -OCH3 is 1. The van der Waals surface area contributed by atoms with Gasteiger partial charge >= 0.3 is 0 Å². The van der Waals surface area contributed by atoms with Crippen LogP contribution in [0, 0.1) is 0 Å². The maximum Gasteiger partial charge on any atom is 0.298 e. The molecule has 0 aliphatic carbocycles. The summed E-state index contributed by atoms with van der Waals surface area (Å²) in [6, 6.07) is 21.6. The van der Waals surface area contributed by atoms with Crippen LogP contribution in [0.1, 0.15) is 36.3 Å². The molecule has 160 valence electrons. The number of nitrogens with one attached hydrogen (secondary N) is 1. The van der Waals surface area contributed by atoms with Crippen LogP contribution in [0.5, 0.6) is 5.75 Å². The average molecular weight is 419 g/mol. The number of amides is 1. The molecular weight excluding hydrogens is 390 g/mol. The van der Waals surface area contributed by atoms with E-state index in [-0.39, 0.29) is 11.9 Å². The Morgan fingerprint density at radius 3 is 2.55 bits per heavy atom. The number of benzene rings is 2. The molecule has 1 N–H and O–H groups in total. The zero-order valence-corrected chi connectivity index (χ0v) is 18.0. The van der Waals surface area contributed by atoms with E-state index in [1.807, 2.05) is 54.6 Å². The fourth-order valence-electron chi connectivity index (χ4n) is 3.89. The number of hydrogen-bond donors (Lipinski definition) is 1. The molecule has 6 heteroatoms. The topological polar surface area (TPSA) is 59.5 Å². The lowest BCUT2D eigenvalue weighted by Gasteiger charge is -2.23. The second kappa shape index (κ2) is 9.62. The van der Waals surface area contributed by atoms with Gasteiger partial charge in [-0.3, -0.25) is 4.79 Å². The number of ether oxygens (including phenoxy) is 1. The molecule has 0 fully saturated rings. The van der Waals surface area contributed by atoms with Crippen molar-refractivity contribution < 1.29 is 18.8 Å². The van der Waals surface area contributed by atoms with Crippen molar-refractivity contribution in [1.29, 1.82) is 0 Å². The summed E-state index contributed by atoms with van der Waals surface area (Å²) >= 11 is 0. The molecule has 1 aliphatic heterocycles. The van der Waals surface area contributed by atoms with Gasteiger partial charge in [-0.15, -0.1) is 0 Å². The van der Waals surface area contributed by atoms with Crippen molar-refractivity contribution in [2.75, 3.05) is 20.2 Å². The van der Waals surface area contributed by atoms with Crippen LogP contribution >= 0.6 is 0 Å². The van der Waals surface area contributed by atoms with Gasteiger partial charge in [-0.05, 0) is 48.9 Å². The van der Waals surface area contributed by atoms with Gasteiger partial charge in [-0.25, -0.2) is 5.01 Å². The summed E-state index contributed by atoms with van der Waals surface area (Å²) in [5.74, 6) is 1.54. The van der Waals surface area contributed by atoms with E-state index in [0.29, 0.717) is 13.0 Å². The molecule has 1 aliphatic rings. The van der Waals surface area contributed by atoms with E-state index < -0.39 is 0 Å². The molecule has 2 heterocycles. The maximum absolute atomic E-state index is 13.3. The molecule has 31 heavy (non-hydrogen) atoms. The van der Waals surface area contributed by atoms with Crippen LogP contribution in [0.2, 0.25) is 0 Å². The SMILES string of the molecule is CC[NH+](CC(=O)N1N=C(c2ccc(OC)cc2)C[C@H]1c1ccco1)Cc1ccccc1. The van der Waals surface area contributed by atoms with E-state index in [1.54, 1.807) is 18.4 Å². The lowest BCUT2D eigenvalue weighted by atomic mass is 10.0. The zero-order chi connectivity index (χ0) is 21.6. The second-order valence-corrected chi connectivity index (χ2v) is 7.69.